The molecule has 0 radical (unpaired) electrons. The van der Waals surface area contributed by atoms with Crippen LogP contribution in [0.3, 0.4) is 0 Å². The third-order valence-electron chi connectivity index (χ3n) is 7.55. The van der Waals surface area contributed by atoms with Crippen LogP contribution in [0.2, 0.25) is 0 Å². The van der Waals surface area contributed by atoms with Gasteiger partial charge in [0.15, 0.2) is 5.69 Å². The Labute approximate surface area is 195 Å². The van der Waals surface area contributed by atoms with Crippen molar-refractivity contribution in [1.82, 2.24) is 39.7 Å². The van der Waals surface area contributed by atoms with Gasteiger partial charge < -0.3 is 9.80 Å². The van der Waals surface area contributed by atoms with Crippen LogP contribution in [-0.4, -0.2) is 85.0 Å². The third-order valence-corrected chi connectivity index (χ3v) is 7.55. The molecule has 15 heteroatoms. The molecule has 0 aromatic carbocycles. The molecule has 4 aliphatic rings. The van der Waals surface area contributed by atoms with Gasteiger partial charge in [-0.05, 0) is 18.9 Å². The van der Waals surface area contributed by atoms with E-state index >= 15 is 0 Å². The van der Waals surface area contributed by atoms with Crippen LogP contribution in [0.15, 0.2) is 12.4 Å². The van der Waals surface area contributed by atoms with Crippen molar-refractivity contribution in [2.75, 3.05) is 39.3 Å². The van der Waals surface area contributed by atoms with Crippen LogP contribution in [0.4, 0.5) is 31.1 Å². The predicted molar refractivity (Wildman–Crippen MR) is 106 cm³/mol. The normalized spacial score (nSPS) is 23.7. The number of carbonyl (C=O) groups excluding carboxylic acids is 1. The molecule has 190 valence electrons. The molecule has 2 spiro atoms. The zero-order chi connectivity index (χ0) is 24.8. The van der Waals surface area contributed by atoms with Crippen LogP contribution in [0.5, 0.6) is 0 Å². The molecule has 1 aliphatic carbocycles. The van der Waals surface area contributed by atoms with Gasteiger partial charge in [-0.1, -0.05) is 0 Å². The summed E-state index contributed by atoms with van der Waals surface area (Å²) in [4.78, 5) is 21.7. The Morgan fingerprint density at radius 2 is 1.60 bits per heavy atom. The number of likely N-dealkylation sites (tertiary alicyclic amines) is 3. The van der Waals surface area contributed by atoms with E-state index in [0.717, 1.165) is 12.4 Å². The molecule has 5 heterocycles. The van der Waals surface area contributed by atoms with Crippen molar-refractivity contribution in [1.29, 1.82) is 0 Å². The summed E-state index contributed by atoms with van der Waals surface area (Å²) < 4.78 is 77.3. The van der Waals surface area contributed by atoms with Gasteiger partial charge in [0.2, 0.25) is 0 Å². The second-order valence-corrected chi connectivity index (χ2v) is 10.5. The summed E-state index contributed by atoms with van der Waals surface area (Å²) >= 11 is 0. The van der Waals surface area contributed by atoms with Gasteiger partial charge in [-0.2, -0.15) is 31.4 Å². The molecule has 1 saturated carbocycles. The minimum Gasteiger partial charge on any atom is -0.323 e. The summed E-state index contributed by atoms with van der Waals surface area (Å²) in [5.74, 6) is -1.14. The fourth-order valence-electron chi connectivity index (χ4n) is 6.01. The minimum absolute atomic E-state index is 0.00403. The second-order valence-electron chi connectivity index (χ2n) is 10.5. The highest BCUT2D eigenvalue weighted by Crippen LogP contribution is 2.54. The topological polar surface area (TPSA) is 86.2 Å². The van der Waals surface area contributed by atoms with E-state index < -0.39 is 23.9 Å². The predicted octanol–water partition coefficient (Wildman–Crippen LogP) is 2.61. The Kier molecular flexibility index (Phi) is 4.59. The van der Waals surface area contributed by atoms with Crippen molar-refractivity contribution >= 4 is 6.03 Å². The smallest absolute Gasteiger partial charge is 0.323 e. The largest absolute Gasteiger partial charge is 0.453 e. The molecule has 1 N–H and O–H groups in total. The number of nitrogens with zero attached hydrogens (tertiary/aromatic N) is 7. The number of hydrogen-bond acceptors (Lipinski definition) is 5. The Bertz CT molecular complexity index is 1130. The van der Waals surface area contributed by atoms with Crippen LogP contribution in [-0.2, 0) is 18.9 Å². The van der Waals surface area contributed by atoms with Gasteiger partial charge in [-0.25, -0.2) is 14.5 Å². The first-order valence-electron chi connectivity index (χ1n) is 11.2. The van der Waals surface area contributed by atoms with E-state index in [2.05, 4.69) is 20.3 Å². The van der Waals surface area contributed by atoms with Crippen LogP contribution < -0.4 is 0 Å². The number of aromatic nitrogens is 5. The fourth-order valence-corrected chi connectivity index (χ4v) is 6.01. The zero-order valence-electron chi connectivity index (χ0n) is 18.4. The maximum atomic E-state index is 12.8. The first-order chi connectivity index (χ1) is 16.3. The maximum absolute atomic E-state index is 12.8. The average Bonchev–Trinajstić information content (AvgIpc) is 3.29. The number of aromatic amines is 1. The summed E-state index contributed by atoms with van der Waals surface area (Å²) in [7, 11) is 0. The summed E-state index contributed by atoms with van der Waals surface area (Å²) in [6.45, 7) is 4.17. The summed E-state index contributed by atoms with van der Waals surface area (Å²) in [5, 5.41) is 9.28. The number of halogens is 6. The highest BCUT2D eigenvalue weighted by Gasteiger charge is 2.58. The molecule has 3 saturated heterocycles. The van der Waals surface area contributed by atoms with Gasteiger partial charge in [0.05, 0.1) is 6.04 Å². The number of alkyl halides is 6. The van der Waals surface area contributed by atoms with E-state index in [4.69, 9.17) is 0 Å². The summed E-state index contributed by atoms with van der Waals surface area (Å²) in [6.07, 6.45) is -6.58. The lowest BCUT2D eigenvalue weighted by atomic mass is 9.60. The van der Waals surface area contributed by atoms with E-state index in [1.54, 1.807) is 9.80 Å². The third kappa shape index (κ3) is 3.83. The van der Waals surface area contributed by atoms with Gasteiger partial charge >= 0.3 is 18.4 Å². The number of amides is 2. The molecule has 0 unspecified atom stereocenters. The SMILES string of the molecule is O=C(N1CC2(CC(n3cnc(C(F)(F)F)n3)C2)C1)N1CC2(CN(Cc3cc(C(F)(F)F)n[nH]3)C2)C1. The molecule has 2 aromatic heterocycles. The Morgan fingerprint density at radius 3 is 2.14 bits per heavy atom. The minimum atomic E-state index is -4.56. The molecule has 3 aliphatic heterocycles. The Morgan fingerprint density at radius 1 is 0.971 bits per heavy atom. The molecular formula is C20H22F6N8O. The van der Waals surface area contributed by atoms with Crippen molar-refractivity contribution in [3.8, 4) is 0 Å². The van der Waals surface area contributed by atoms with Crippen molar-refractivity contribution in [3.63, 3.8) is 0 Å². The van der Waals surface area contributed by atoms with E-state index in [1.165, 1.54) is 4.68 Å². The lowest BCUT2D eigenvalue weighted by molar-refractivity contribution is -0.145. The maximum Gasteiger partial charge on any atom is 0.453 e. The van der Waals surface area contributed by atoms with E-state index in [1.807, 2.05) is 4.90 Å². The summed E-state index contributed by atoms with van der Waals surface area (Å²) in [6, 6.07) is 0.850. The first kappa shape index (κ1) is 22.6. The first-order valence-corrected chi connectivity index (χ1v) is 11.2. The molecule has 6 rings (SSSR count). The Balaban J connectivity index is 0.926. The lowest BCUT2D eigenvalue weighted by Crippen LogP contribution is -2.75. The van der Waals surface area contributed by atoms with Crippen molar-refractivity contribution in [2.45, 2.75) is 37.8 Å². The summed E-state index contributed by atoms with van der Waals surface area (Å²) in [5.41, 5.74) is -0.583. The quantitative estimate of drug-likeness (QED) is 0.650. The van der Waals surface area contributed by atoms with Gasteiger partial charge in [0.25, 0.3) is 5.82 Å². The molecule has 0 atom stereocenters. The van der Waals surface area contributed by atoms with Crippen LogP contribution in [0.25, 0.3) is 0 Å². The van der Waals surface area contributed by atoms with E-state index in [9.17, 15) is 31.1 Å². The molecular weight excluding hydrogens is 482 g/mol. The fraction of sp³-hybridized carbons (Fsp3) is 0.700. The van der Waals surface area contributed by atoms with Crippen molar-refractivity contribution in [2.24, 2.45) is 10.8 Å². The number of urea groups is 1. The second kappa shape index (κ2) is 7.11. The number of carbonyl (C=O) groups is 1. The number of nitrogens with one attached hydrogen (secondary N) is 1. The lowest BCUT2D eigenvalue weighted by Gasteiger charge is -2.63. The van der Waals surface area contributed by atoms with Gasteiger partial charge in [0, 0.05) is 62.3 Å². The van der Waals surface area contributed by atoms with Crippen molar-refractivity contribution in [3.05, 3.63) is 29.6 Å². The molecule has 2 amide bonds. The van der Waals surface area contributed by atoms with Gasteiger partial charge in [-0.3, -0.25) is 10.00 Å². The standard InChI is InChI=1S/C20H22F6N8O/c21-19(22,23)14-1-12(28-29-14)4-31-5-18(6-31)9-33(10-18)16(35)32-7-17(8-32)2-13(3-17)34-11-27-15(30-34)20(24,25)26/h1,11,13H,2-10H2,(H,28,29). The highest BCUT2D eigenvalue weighted by atomic mass is 19.4. The van der Waals surface area contributed by atoms with Crippen molar-refractivity contribution < 1.29 is 31.1 Å². The van der Waals surface area contributed by atoms with Gasteiger partial charge in [-0.15, -0.1) is 5.10 Å². The number of hydrogen-bond donors (Lipinski definition) is 1. The zero-order valence-corrected chi connectivity index (χ0v) is 18.4. The number of H-pyrrole nitrogens is 1. The van der Waals surface area contributed by atoms with E-state index in [0.29, 0.717) is 64.3 Å². The number of rotatable bonds is 3. The van der Waals surface area contributed by atoms with Crippen LogP contribution >= 0.6 is 0 Å². The molecule has 0 bridgehead atoms. The van der Waals surface area contributed by atoms with Gasteiger partial charge in [0.1, 0.15) is 6.33 Å². The molecule has 35 heavy (non-hydrogen) atoms. The highest BCUT2D eigenvalue weighted by molar-refractivity contribution is 5.77. The van der Waals surface area contributed by atoms with Crippen LogP contribution in [0, 0.1) is 10.8 Å². The molecule has 9 nitrogen and oxygen atoms in total. The average molecular weight is 504 g/mol. The Hall–Kier alpha value is -2.84. The molecule has 2 aromatic rings. The monoisotopic (exact) mass is 504 g/mol. The molecule has 4 fully saturated rings. The van der Waals surface area contributed by atoms with E-state index in [-0.39, 0.29) is 22.9 Å². The van der Waals surface area contributed by atoms with Crippen LogP contribution in [0.1, 0.15) is 36.1 Å².